The Morgan fingerprint density at radius 3 is 2.75 bits per heavy atom. The molecule has 1 aromatic heterocycles. The van der Waals surface area contributed by atoms with E-state index in [0.717, 1.165) is 81.6 Å². The van der Waals surface area contributed by atoms with Gasteiger partial charge in [-0.3, -0.25) is 9.48 Å². The Morgan fingerprint density at radius 2 is 2.04 bits per heavy atom. The first kappa shape index (κ1) is 20.2. The fourth-order valence-electron chi connectivity index (χ4n) is 4.93. The van der Waals surface area contributed by atoms with Gasteiger partial charge in [-0.1, -0.05) is 19.3 Å². The molecule has 156 valence electrons. The predicted molar refractivity (Wildman–Crippen MR) is 113 cm³/mol. The smallest absolute Gasteiger partial charge is 0.274 e. The van der Waals surface area contributed by atoms with Gasteiger partial charge in [-0.25, -0.2) is 0 Å². The topological polar surface area (TPSA) is 70.4 Å². The van der Waals surface area contributed by atoms with Gasteiger partial charge >= 0.3 is 0 Å². The lowest BCUT2D eigenvalue weighted by Gasteiger charge is -2.35. The zero-order valence-electron chi connectivity index (χ0n) is 17.1. The van der Waals surface area contributed by atoms with Crippen molar-refractivity contribution in [3.8, 4) is 0 Å². The maximum Gasteiger partial charge on any atom is 0.274 e. The second-order valence-electron chi connectivity index (χ2n) is 8.60. The first-order valence-corrected chi connectivity index (χ1v) is 12.2. The first-order valence-electron chi connectivity index (χ1n) is 11.0. The molecular formula is C21H34N4O2S. The van der Waals surface area contributed by atoms with Crippen molar-refractivity contribution in [2.45, 2.75) is 76.5 Å². The van der Waals surface area contributed by atoms with Crippen LogP contribution < -0.4 is 5.32 Å². The Kier molecular flexibility index (Phi) is 6.33. The summed E-state index contributed by atoms with van der Waals surface area (Å²) in [6.45, 7) is 5.23. The van der Waals surface area contributed by atoms with E-state index in [-0.39, 0.29) is 5.91 Å². The van der Waals surface area contributed by atoms with E-state index < -0.39 is 5.60 Å². The van der Waals surface area contributed by atoms with Crippen molar-refractivity contribution in [3.05, 3.63) is 17.0 Å². The summed E-state index contributed by atoms with van der Waals surface area (Å²) in [7, 11) is 0. The van der Waals surface area contributed by atoms with Crippen LogP contribution in [-0.4, -0.2) is 68.5 Å². The quantitative estimate of drug-likeness (QED) is 0.785. The van der Waals surface area contributed by atoms with Crippen molar-refractivity contribution >= 4 is 17.7 Å². The molecule has 7 heteroatoms. The maximum atomic E-state index is 13.1. The van der Waals surface area contributed by atoms with Crippen molar-refractivity contribution in [2.24, 2.45) is 0 Å². The average molecular weight is 407 g/mol. The second-order valence-corrected chi connectivity index (χ2v) is 9.82. The molecule has 1 saturated heterocycles. The molecule has 4 rings (SSSR count). The Hall–Kier alpha value is -1.05. The van der Waals surface area contributed by atoms with Gasteiger partial charge in [0.25, 0.3) is 5.91 Å². The zero-order valence-corrected chi connectivity index (χ0v) is 17.9. The molecule has 0 aromatic carbocycles. The highest BCUT2D eigenvalue weighted by atomic mass is 32.2. The maximum absolute atomic E-state index is 13.1. The average Bonchev–Trinajstić information content (AvgIpc) is 3.11. The van der Waals surface area contributed by atoms with Gasteiger partial charge in [-0.15, -0.1) is 0 Å². The predicted octanol–water partition coefficient (Wildman–Crippen LogP) is 2.23. The normalized spacial score (nSPS) is 24.8. The molecule has 1 amide bonds. The van der Waals surface area contributed by atoms with E-state index in [2.05, 4.69) is 12.2 Å². The monoisotopic (exact) mass is 406 g/mol. The summed E-state index contributed by atoms with van der Waals surface area (Å²) in [5.74, 6) is 2.14. The lowest BCUT2D eigenvalue weighted by Crippen LogP contribution is -2.47. The summed E-state index contributed by atoms with van der Waals surface area (Å²) < 4.78 is 2.03. The number of thioether (sulfide) groups is 1. The van der Waals surface area contributed by atoms with E-state index in [4.69, 9.17) is 5.10 Å². The van der Waals surface area contributed by atoms with Crippen LogP contribution in [0.5, 0.6) is 0 Å². The number of carbonyl (C=O) groups is 1. The molecule has 3 aliphatic rings. The molecule has 0 bridgehead atoms. The van der Waals surface area contributed by atoms with Crippen molar-refractivity contribution in [1.29, 1.82) is 0 Å². The summed E-state index contributed by atoms with van der Waals surface area (Å²) >= 11 is 1.92. The minimum atomic E-state index is -0.545. The summed E-state index contributed by atoms with van der Waals surface area (Å²) in [6.07, 6.45) is 8.15. The molecular weight excluding hydrogens is 372 g/mol. The number of aromatic nitrogens is 2. The second kappa shape index (κ2) is 8.76. The van der Waals surface area contributed by atoms with E-state index in [9.17, 15) is 9.90 Å². The van der Waals surface area contributed by atoms with Crippen LogP contribution in [0.4, 0.5) is 0 Å². The van der Waals surface area contributed by atoms with E-state index in [1.807, 2.05) is 21.3 Å². The third kappa shape index (κ3) is 4.26. The van der Waals surface area contributed by atoms with Gasteiger partial charge in [0.2, 0.25) is 0 Å². The number of nitrogens with zero attached hydrogens (tertiary/aromatic N) is 3. The number of hydrogen-bond acceptors (Lipinski definition) is 5. The van der Waals surface area contributed by atoms with Crippen LogP contribution in [0, 0.1) is 0 Å². The number of carbonyl (C=O) groups excluding carboxylic acids is 1. The Balaban J connectivity index is 1.47. The van der Waals surface area contributed by atoms with E-state index in [1.54, 1.807) is 0 Å². The highest BCUT2D eigenvalue weighted by molar-refractivity contribution is 7.99. The van der Waals surface area contributed by atoms with Gasteiger partial charge in [0.1, 0.15) is 0 Å². The van der Waals surface area contributed by atoms with Crippen molar-refractivity contribution in [3.63, 3.8) is 0 Å². The zero-order chi connectivity index (χ0) is 19.6. The van der Waals surface area contributed by atoms with Gasteiger partial charge in [-0.05, 0) is 39.0 Å². The van der Waals surface area contributed by atoms with E-state index in [0.29, 0.717) is 18.3 Å². The summed E-state index contributed by atoms with van der Waals surface area (Å²) in [6, 6.07) is 0.316. The Labute approximate surface area is 172 Å². The minimum Gasteiger partial charge on any atom is -0.389 e. The molecule has 0 radical (unpaired) electrons. The molecule has 1 aliphatic heterocycles. The van der Waals surface area contributed by atoms with Crippen molar-refractivity contribution in [1.82, 2.24) is 20.0 Å². The van der Waals surface area contributed by atoms with Crippen LogP contribution in [0.25, 0.3) is 0 Å². The van der Waals surface area contributed by atoms with Gasteiger partial charge in [-0.2, -0.15) is 16.9 Å². The highest BCUT2D eigenvalue weighted by Crippen LogP contribution is 2.29. The van der Waals surface area contributed by atoms with Crippen LogP contribution in [0.2, 0.25) is 0 Å². The largest absolute Gasteiger partial charge is 0.389 e. The minimum absolute atomic E-state index is 0.107. The molecule has 2 fully saturated rings. The van der Waals surface area contributed by atoms with Crippen LogP contribution in [-0.2, 0) is 19.4 Å². The molecule has 6 nitrogen and oxygen atoms in total. The molecule has 2 N–H and O–H groups in total. The van der Waals surface area contributed by atoms with Gasteiger partial charge in [0.05, 0.1) is 5.60 Å². The molecule has 2 heterocycles. The summed E-state index contributed by atoms with van der Waals surface area (Å²) in [5, 5.41) is 19.2. The fraction of sp³-hybridized carbons (Fsp3) is 0.810. The Bertz CT molecular complexity index is 693. The van der Waals surface area contributed by atoms with Crippen LogP contribution in [0.1, 0.15) is 67.2 Å². The fourth-order valence-corrected chi connectivity index (χ4v) is 5.84. The summed E-state index contributed by atoms with van der Waals surface area (Å²) in [4.78, 5) is 15.1. The number of fused-ring (bicyclic) bond motifs is 1. The standard InChI is InChI=1S/C21H34N4O2S/c1-2-25-18-7-6-16(22-15-21(27)8-4-3-5-9-21)14-17(18)19(23-25)20(26)24-10-12-28-13-11-24/h16,22,27H,2-15H2,1H3. The molecule has 1 unspecified atom stereocenters. The van der Waals surface area contributed by atoms with Crippen molar-refractivity contribution in [2.75, 3.05) is 31.1 Å². The summed E-state index contributed by atoms with van der Waals surface area (Å²) in [5.41, 5.74) is 2.51. The van der Waals surface area contributed by atoms with Crippen LogP contribution in [0.3, 0.4) is 0 Å². The molecule has 0 spiro atoms. The molecule has 1 saturated carbocycles. The van der Waals surface area contributed by atoms with E-state index in [1.165, 1.54) is 12.1 Å². The van der Waals surface area contributed by atoms with Crippen LogP contribution >= 0.6 is 11.8 Å². The number of rotatable bonds is 5. The number of aliphatic hydroxyl groups is 1. The van der Waals surface area contributed by atoms with Gasteiger partial charge in [0.15, 0.2) is 5.69 Å². The molecule has 1 aromatic rings. The number of aryl methyl sites for hydroxylation is 1. The Morgan fingerprint density at radius 1 is 1.29 bits per heavy atom. The first-order chi connectivity index (χ1) is 13.6. The number of nitrogens with one attached hydrogen (secondary N) is 1. The third-order valence-corrected chi connectivity index (χ3v) is 7.59. The molecule has 1 atom stereocenters. The number of hydrogen-bond donors (Lipinski definition) is 2. The van der Waals surface area contributed by atoms with Crippen LogP contribution in [0.15, 0.2) is 0 Å². The molecule has 28 heavy (non-hydrogen) atoms. The lowest BCUT2D eigenvalue weighted by molar-refractivity contribution is 0.00227. The van der Waals surface area contributed by atoms with Crippen molar-refractivity contribution < 1.29 is 9.90 Å². The SMILES string of the molecule is CCn1nc(C(=O)N2CCSCC2)c2c1CCC(NCC1(O)CCCCC1)C2. The van der Waals surface area contributed by atoms with Gasteiger partial charge in [0, 0.05) is 55.0 Å². The lowest BCUT2D eigenvalue weighted by atomic mass is 9.84. The van der Waals surface area contributed by atoms with E-state index >= 15 is 0 Å². The molecule has 2 aliphatic carbocycles. The number of amides is 1. The highest BCUT2D eigenvalue weighted by Gasteiger charge is 2.33. The third-order valence-electron chi connectivity index (χ3n) is 6.65. The van der Waals surface area contributed by atoms with Gasteiger partial charge < -0.3 is 15.3 Å².